The molecule has 0 aliphatic carbocycles. The second-order valence-electron chi connectivity index (χ2n) is 4.93. The minimum Gasteiger partial charge on any atom is -0.490 e. The van der Waals surface area contributed by atoms with E-state index in [9.17, 15) is 0 Å². The van der Waals surface area contributed by atoms with Gasteiger partial charge in [0.2, 0.25) is 0 Å². The van der Waals surface area contributed by atoms with Gasteiger partial charge in [-0.15, -0.1) is 0 Å². The van der Waals surface area contributed by atoms with Gasteiger partial charge in [-0.1, -0.05) is 61.2 Å². The molecule has 0 saturated heterocycles. The molecule has 0 saturated carbocycles. The number of ether oxygens (including phenoxy) is 1. The van der Waals surface area contributed by atoms with Gasteiger partial charge in [-0.2, -0.15) is 0 Å². The second-order valence-corrected chi connectivity index (χ2v) is 4.93. The molecule has 0 spiro atoms. The maximum Gasteiger partial charge on any atom is 0.120 e. The lowest BCUT2D eigenvalue weighted by Crippen LogP contribution is -1.92. The summed E-state index contributed by atoms with van der Waals surface area (Å²) < 4.78 is 5.61. The summed E-state index contributed by atoms with van der Waals surface area (Å²) in [7, 11) is 0. The minimum atomic E-state index is 0.501. The highest BCUT2D eigenvalue weighted by Crippen LogP contribution is 2.29. The number of hydrogen-bond donors (Lipinski definition) is 0. The summed E-state index contributed by atoms with van der Waals surface area (Å²) in [4.78, 5) is 4.63. The van der Waals surface area contributed by atoms with Crippen molar-refractivity contribution in [2.24, 2.45) is 4.99 Å². The third kappa shape index (κ3) is 3.23. The van der Waals surface area contributed by atoms with Crippen LogP contribution in [-0.4, -0.2) is 12.8 Å². The molecule has 22 heavy (non-hydrogen) atoms. The van der Waals surface area contributed by atoms with Crippen LogP contribution in [-0.2, 0) is 0 Å². The van der Waals surface area contributed by atoms with Gasteiger partial charge in [-0.3, -0.25) is 4.99 Å². The van der Waals surface area contributed by atoms with E-state index in [0.717, 1.165) is 27.8 Å². The minimum absolute atomic E-state index is 0.501. The van der Waals surface area contributed by atoms with Crippen LogP contribution < -0.4 is 4.74 Å². The third-order valence-corrected chi connectivity index (χ3v) is 3.35. The van der Waals surface area contributed by atoms with Gasteiger partial charge >= 0.3 is 0 Å². The second kappa shape index (κ2) is 6.72. The summed E-state index contributed by atoms with van der Waals surface area (Å²) in [6, 6.07) is 22.2. The Morgan fingerprint density at radius 3 is 2.64 bits per heavy atom. The number of nitrogens with zero attached hydrogens (tertiary/aromatic N) is 1. The van der Waals surface area contributed by atoms with Crippen LogP contribution in [0.3, 0.4) is 0 Å². The van der Waals surface area contributed by atoms with Gasteiger partial charge in [0.15, 0.2) is 0 Å². The molecule has 0 radical (unpaired) electrons. The lowest BCUT2D eigenvalue weighted by molar-refractivity contribution is 0.364. The van der Waals surface area contributed by atoms with Gasteiger partial charge < -0.3 is 4.74 Å². The van der Waals surface area contributed by atoms with Crippen LogP contribution in [0.4, 0.5) is 5.69 Å². The summed E-state index contributed by atoms with van der Waals surface area (Å²) in [5.74, 6) is 0.828. The van der Waals surface area contributed by atoms with Crippen molar-refractivity contribution in [1.29, 1.82) is 0 Å². The van der Waals surface area contributed by atoms with Crippen LogP contribution in [0.5, 0.6) is 5.75 Å². The molecule has 0 amide bonds. The average Bonchev–Trinajstić information content (AvgIpc) is 2.59. The van der Waals surface area contributed by atoms with E-state index < -0.39 is 0 Å². The normalized spacial score (nSPS) is 10.9. The number of rotatable bonds is 5. The quantitative estimate of drug-likeness (QED) is 0.469. The first-order chi connectivity index (χ1) is 10.9. The van der Waals surface area contributed by atoms with Crippen molar-refractivity contribution in [2.75, 3.05) is 6.61 Å². The molecule has 2 heteroatoms. The maximum absolute atomic E-state index is 5.61. The van der Waals surface area contributed by atoms with Crippen LogP contribution in [0, 0.1) is 0 Å². The van der Waals surface area contributed by atoms with Gasteiger partial charge in [0, 0.05) is 11.6 Å². The van der Waals surface area contributed by atoms with Crippen molar-refractivity contribution < 1.29 is 4.74 Å². The van der Waals surface area contributed by atoms with E-state index in [2.05, 4.69) is 23.7 Å². The largest absolute Gasteiger partial charge is 0.490 e. The topological polar surface area (TPSA) is 21.6 Å². The molecular weight excluding hydrogens is 270 g/mol. The molecule has 0 aromatic heterocycles. The highest BCUT2D eigenvalue weighted by atomic mass is 16.5. The van der Waals surface area contributed by atoms with Crippen molar-refractivity contribution >= 4 is 22.7 Å². The predicted octanol–water partition coefficient (Wildman–Crippen LogP) is 5.16. The predicted molar refractivity (Wildman–Crippen MR) is 93.3 cm³/mol. The smallest absolute Gasteiger partial charge is 0.120 e. The molecule has 2 nitrogen and oxygen atoms in total. The fraction of sp³-hybridized carbons (Fsp3) is 0.0500. The van der Waals surface area contributed by atoms with Gasteiger partial charge in [-0.25, -0.2) is 0 Å². The molecule has 0 unspecified atom stereocenters. The molecule has 0 aliphatic rings. The summed E-state index contributed by atoms with van der Waals surface area (Å²) in [5.41, 5.74) is 2.02. The van der Waals surface area contributed by atoms with Crippen molar-refractivity contribution in [1.82, 2.24) is 0 Å². The van der Waals surface area contributed by atoms with Gasteiger partial charge in [0.25, 0.3) is 0 Å². The molecule has 0 N–H and O–H groups in total. The summed E-state index contributed by atoms with van der Waals surface area (Å²) in [5, 5.41) is 2.23. The van der Waals surface area contributed by atoms with E-state index in [4.69, 9.17) is 4.74 Å². The highest BCUT2D eigenvalue weighted by Gasteiger charge is 2.01. The number of aliphatic imine (C=N–C) groups is 1. The number of hydrogen-bond acceptors (Lipinski definition) is 2. The lowest BCUT2D eigenvalue weighted by atomic mass is 10.1. The van der Waals surface area contributed by atoms with Crippen LogP contribution in [0.2, 0.25) is 0 Å². The summed E-state index contributed by atoms with van der Waals surface area (Å²) in [6.45, 7) is 4.17. The summed E-state index contributed by atoms with van der Waals surface area (Å²) in [6.07, 6.45) is 3.62. The molecule has 3 aromatic carbocycles. The molecule has 0 aliphatic heterocycles. The van der Waals surface area contributed by atoms with Crippen molar-refractivity contribution in [2.45, 2.75) is 0 Å². The summed E-state index contributed by atoms with van der Waals surface area (Å²) >= 11 is 0. The van der Waals surface area contributed by atoms with E-state index in [1.807, 2.05) is 60.8 Å². The van der Waals surface area contributed by atoms with E-state index in [1.54, 1.807) is 6.08 Å². The van der Waals surface area contributed by atoms with Crippen LogP contribution in [0.15, 0.2) is 84.4 Å². The fourth-order valence-corrected chi connectivity index (χ4v) is 2.28. The zero-order valence-electron chi connectivity index (χ0n) is 12.3. The lowest BCUT2D eigenvalue weighted by Gasteiger charge is -2.06. The van der Waals surface area contributed by atoms with Gasteiger partial charge in [0.1, 0.15) is 12.4 Å². The molecule has 3 rings (SSSR count). The highest BCUT2D eigenvalue weighted by molar-refractivity contribution is 5.96. The average molecular weight is 287 g/mol. The fourth-order valence-electron chi connectivity index (χ4n) is 2.28. The standard InChI is InChI=1S/C20H17NO/c1-2-13-22-18-12-11-17-9-6-10-20(19(17)14-18)21-15-16-7-4-3-5-8-16/h2-12,14-15H,1,13H2. The third-order valence-electron chi connectivity index (χ3n) is 3.35. The maximum atomic E-state index is 5.61. The van der Waals surface area contributed by atoms with E-state index >= 15 is 0 Å². The SMILES string of the molecule is C=CCOc1ccc2cccc(N=Cc3ccccc3)c2c1. The zero-order chi connectivity index (χ0) is 15.2. The molecule has 0 heterocycles. The molecule has 0 fully saturated rings. The molecule has 3 aromatic rings. The Morgan fingerprint density at radius 1 is 0.955 bits per heavy atom. The van der Waals surface area contributed by atoms with Gasteiger partial charge in [-0.05, 0) is 29.1 Å². The number of fused-ring (bicyclic) bond motifs is 1. The van der Waals surface area contributed by atoms with E-state index in [-0.39, 0.29) is 0 Å². The monoisotopic (exact) mass is 287 g/mol. The van der Waals surface area contributed by atoms with Crippen LogP contribution in [0.1, 0.15) is 5.56 Å². The Bertz CT molecular complexity index is 806. The van der Waals surface area contributed by atoms with Crippen LogP contribution in [0.25, 0.3) is 10.8 Å². The van der Waals surface area contributed by atoms with E-state index in [0.29, 0.717) is 6.61 Å². The number of benzene rings is 3. The van der Waals surface area contributed by atoms with E-state index in [1.165, 1.54) is 0 Å². The van der Waals surface area contributed by atoms with Crippen molar-refractivity contribution in [3.05, 3.63) is 84.9 Å². The Morgan fingerprint density at radius 2 is 1.82 bits per heavy atom. The first-order valence-corrected chi connectivity index (χ1v) is 7.22. The Kier molecular flexibility index (Phi) is 4.30. The van der Waals surface area contributed by atoms with Gasteiger partial charge in [0.05, 0.1) is 5.69 Å². The Hall–Kier alpha value is -2.87. The molecular formula is C20H17NO. The molecule has 108 valence electrons. The molecule has 0 atom stereocenters. The zero-order valence-corrected chi connectivity index (χ0v) is 12.3. The van der Waals surface area contributed by atoms with Crippen molar-refractivity contribution in [3.63, 3.8) is 0 Å². The first-order valence-electron chi connectivity index (χ1n) is 7.22. The van der Waals surface area contributed by atoms with Crippen molar-refractivity contribution in [3.8, 4) is 5.75 Å². The molecule has 0 bridgehead atoms. The Labute approximate surface area is 130 Å². The first kappa shape index (κ1) is 14.1. The van der Waals surface area contributed by atoms with Crippen LogP contribution >= 0.6 is 0 Å². The Balaban J connectivity index is 1.97.